The van der Waals surface area contributed by atoms with Crippen molar-refractivity contribution in [2.75, 3.05) is 0 Å². The first kappa shape index (κ1) is 13.8. The van der Waals surface area contributed by atoms with Gasteiger partial charge in [0.05, 0.1) is 0 Å². The van der Waals surface area contributed by atoms with E-state index in [1.54, 1.807) is 17.4 Å². The summed E-state index contributed by atoms with van der Waals surface area (Å²) >= 11 is 5.62. The van der Waals surface area contributed by atoms with Crippen molar-refractivity contribution in [2.45, 2.75) is 18.9 Å². The Hall–Kier alpha value is -1.30. The summed E-state index contributed by atoms with van der Waals surface area (Å²) in [5.74, 6) is -6.69. The molecule has 0 unspecified atom stereocenters. The number of carbonyl (C=O) groups excluding carboxylic acids is 1. The van der Waals surface area contributed by atoms with E-state index in [2.05, 4.69) is 0 Å². The van der Waals surface area contributed by atoms with E-state index >= 15 is 0 Å². The maximum Gasteiger partial charge on any atom is 0.383 e. The van der Waals surface area contributed by atoms with Gasteiger partial charge >= 0.3 is 12.3 Å². The first-order valence-electron chi connectivity index (χ1n) is 4.52. The minimum absolute atomic E-state index is 0.290. The fourth-order valence-electron chi connectivity index (χ4n) is 1.05. The van der Waals surface area contributed by atoms with Crippen LogP contribution < -0.4 is 5.32 Å². The Morgan fingerprint density at radius 3 is 2.59 bits per heavy atom. The molecule has 0 fully saturated rings. The highest BCUT2D eigenvalue weighted by Crippen LogP contribution is 2.22. The van der Waals surface area contributed by atoms with Gasteiger partial charge in [0.1, 0.15) is 0 Å². The van der Waals surface area contributed by atoms with Gasteiger partial charge in [-0.3, -0.25) is 4.79 Å². The topological polar surface area (TPSA) is 29.1 Å². The number of nitrogens with one attached hydrogen (secondary N) is 1. The lowest BCUT2D eigenvalue weighted by molar-refractivity contribution is -0.169. The van der Waals surface area contributed by atoms with Crippen LogP contribution in [0.25, 0.3) is 0 Å². The summed E-state index contributed by atoms with van der Waals surface area (Å²) in [6.07, 6.45) is -4.03. The first-order chi connectivity index (χ1) is 7.84. The minimum Gasteiger partial charge on any atom is -0.347 e. The number of carbonyl (C=O) groups is 1. The van der Waals surface area contributed by atoms with E-state index in [9.17, 15) is 22.4 Å². The van der Waals surface area contributed by atoms with Crippen molar-refractivity contribution >= 4 is 17.5 Å². The fraction of sp³-hybridized carbons (Fsp3) is 0.300. The maximum atomic E-state index is 12.5. The van der Waals surface area contributed by atoms with Crippen molar-refractivity contribution < 1.29 is 22.4 Å². The second kappa shape index (κ2) is 5.35. The molecule has 0 saturated carbocycles. The second-order valence-corrected chi connectivity index (χ2v) is 3.67. The highest BCUT2D eigenvalue weighted by atomic mass is 35.5. The van der Waals surface area contributed by atoms with Crippen LogP contribution in [0.1, 0.15) is 5.56 Å². The molecule has 1 rings (SSSR count). The molecule has 0 atom stereocenters. The first-order valence-corrected chi connectivity index (χ1v) is 4.90. The molecule has 0 aromatic heterocycles. The van der Waals surface area contributed by atoms with Crippen LogP contribution in [0, 0.1) is 0 Å². The number of rotatable bonds is 4. The average molecular weight is 270 g/mol. The van der Waals surface area contributed by atoms with E-state index in [0.29, 0.717) is 10.6 Å². The Bertz CT molecular complexity index is 411. The maximum absolute atomic E-state index is 12.5. The van der Waals surface area contributed by atoms with E-state index in [4.69, 9.17) is 11.6 Å². The van der Waals surface area contributed by atoms with E-state index in [1.807, 2.05) is 0 Å². The van der Waals surface area contributed by atoms with Crippen molar-refractivity contribution in [2.24, 2.45) is 0 Å². The van der Waals surface area contributed by atoms with E-state index in [-0.39, 0.29) is 6.54 Å². The van der Waals surface area contributed by atoms with Crippen molar-refractivity contribution in [3.8, 4) is 0 Å². The number of benzene rings is 1. The summed E-state index contributed by atoms with van der Waals surface area (Å²) in [5.41, 5.74) is 0.441. The van der Waals surface area contributed by atoms with E-state index in [1.165, 1.54) is 12.1 Å². The lowest BCUT2D eigenvalue weighted by atomic mass is 10.2. The van der Waals surface area contributed by atoms with Crippen LogP contribution in [0.2, 0.25) is 5.02 Å². The van der Waals surface area contributed by atoms with Crippen LogP contribution >= 0.6 is 11.6 Å². The molecule has 0 aliphatic heterocycles. The van der Waals surface area contributed by atoms with Crippen molar-refractivity contribution in [3.63, 3.8) is 0 Å². The van der Waals surface area contributed by atoms with Gasteiger partial charge in [0.15, 0.2) is 0 Å². The summed E-state index contributed by atoms with van der Waals surface area (Å²) in [4.78, 5) is 10.8. The average Bonchev–Trinajstić information content (AvgIpc) is 2.25. The predicted octanol–water partition coefficient (Wildman–Crippen LogP) is 2.86. The lowest BCUT2D eigenvalue weighted by Gasteiger charge is -2.14. The molecular formula is C10H8ClF4NO. The van der Waals surface area contributed by atoms with Gasteiger partial charge in [-0.2, -0.15) is 8.78 Å². The Balaban J connectivity index is 2.60. The molecule has 1 amide bonds. The Morgan fingerprint density at radius 2 is 2.06 bits per heavy atom. The molecule has 0 heterocycles. The molecular weight excluding hydrogens is 262 g/mol. The minimum atomic E-state index is -4.68. The van der Waals surface area contributed by atoms with Gasteiger partial charge in [-0.25, -0.2) is 8.78 Å². The molecule has 0 saturated heterocycles. The third-order valence-electron chi connectivity index (χ3n) is 1.92. The number of amides is 1. The van der Waals surface area contributed by atoms with Crippen molar-refractivity contribution in [3.05, 3.63) is 34.9 Å². The van der Waals surface area contributed by atoms with Gasteiger partial charge in [-0.1, -0.05) is 23.7 Å². The Labute approximate surface area is 99.6 Å². The SMILES string of the molecule is O=C(NCc1cccc(Cl)c1)C(F)(F)C(F)F. The summed E-state index contributed by atoms with van der Waals surface area (Å²) in [6, 6.07) is 6.06. The molecule has 0 aliphatic carbocycles. The normalized spacial score (nSPS) is 11.6. The van der Waals surface area contributed by atoms with Gasteiger partial charge in [0.25, 0.3) is 5.91 Å². The molecule has 17 heavy (non-hydrogen) atoms. The molecule has 1 N–H and O–H groups in total. The Morgan fingerprint density at radius 1 is 1.41 bits per heavy atom. The second-order valence-electron chi connectivity index (χ2n) is 3.24. The van der Waals surface area contributed by atoms with Crippen molar-refractivity contribution in [1.82, 2.24) is 5.32 Å². The number of hydrogen-bond donors (Lipinski definition) is 1. The van der Waals surface area contributed by atoms with Crippen molar-refractivity contribution in [1.29, 1.82) is 0 Å². The van der Waals surface area contributed by atoms with Gasteiger partial charge in [0, 0.05) is 11.6 Å². The highest BCUT2D eigenvalue weighted by Gasteiger charge is 2.48. The fourth-order valence-corrected chi connectivity index (χ4v) is 1.26. The lowest BCUT2D eigenvalue weighted by Crippen LogP contribution is -2.44. The smallest absolute Gasteiger partial charge is 0.347 e. The Kier molecular flexibility index (Phi) is 4.34. The van der Waals surface area contributed by atoms with Crippen LogP contribution in [-0.4, -0.2) is 18.3 Å². The van der Waals surface area contributed by atoms with E-state index in [0.717, 1.165) is 0 Å². The monoisotopic (exact) mass is 269 g/mol. The zero-order valence-corrected chi connectivity index (χ0v) is 9.15. The number of hydrogen-bond acceptors (Lipinski definition) is 1. The summed E-state index contributed by atoms with van der Waals surface area (Å²) in [6.45, 7) is -0.290. The largest absolute Gasteiger partial charge is 0.383 e. The zero-order valence-electron chi connectivity index (χ0n) is 8.39. The van der Waals surface area contributed by atoms with Crippen LogP contribution in [-0.2, 0) is 11.3 Å². The predicted molar refractivity (Wildman–Crippen MR) is 54.2 cm³/mol. The molecule has 0 bridgehead atoms. The molecule has 2 nitrogen and oxygen atoms in total. The standard InChI is InChI=1S/C10H8ClF4NO/c11-7-3-1-2-6(4-7)5-16-9(17)10(14,15)8(12)13/h1-4,8H,5H2,(H,16,17). The van der Waals surface area contributed by atoms with Gasteiger partial charge < -0.3 is 5.32 Å². The highest BCUT2D eigenvalue weighted by molar-refractivity contribution is 6.30. The van der Waals surface area contributed by atoms with Gasteiger partial charge in [-0.15, -0.1) is 0 Å². The van der Waals surface area contributed by atoms with Gasteiger partial charge in [0.2, 0.25) is 0 Å². The molecule has 7 heteroatoms. The summed E-state index contributed by atoms with van der Waals surface area (Å²) < 4.78 is 48.7. The summed E-state index contributed by atoms with van der Waals surface area (Å²) in [7, 11) is 0. The number of alkyl halides is 4. The van der Waals surface area contributed by atoms with Crippen LogP contribution in [0.5, 0.6) is 0 Å². The number of halogens is 5. The summed E-state index contributed by atoms with van der Waals surface area (Å²) in [5, 5.41) is 2.08. The molecule has 0 radical (unpaired) electrons. The quantitative estimate of drug-likeness (QED) is 0.837. The van der Waals surface area contributed by atoms with Crippen LogP contribution in [0.3, 0.4) is 0 Å². The molecule has 1 aromatic rings. The molecule has 94 valence electrons. The van der Waals surface area contributed by atoms with Gasteiger partial charge in [-0.05, 0) is 17.7 Å². The van der Waals surface area contributed by atoms with Crippen LogP contribution in [0.15, 0.2) is 24.3 Å². The third-order valence-corrected chi connectivity index (χ3v) is 2.15. The third kappa shape index (κ3) is 3.59. The zero-order chi connectivity index (χ0) is 13.1. The van der Waals surface area contributed by atoms with Crippen LogP contribution in [0.4, 0.5) is 17.6 Å². The van der Waals surface area contributed by atoms with E-state index < -0.39 is 18.3 Å². The molecule has 1 aromatic carbocycles. The molecule has 0 aliphatic rings. The molecule has 0 spiro atoms.